The number of hydrogen-bond donors (Lipinski definition) is 0. The van der Waals surface area contributed by atoms with Crippen molar-refractivity contribution in [2.45, 2.75) is 6.92 Å². The fraction of sp³-hybridized carbons (Fsp3) is 0.143. The Labute approximate surface area is 52.9 Å². The molecule has 0 aliphatic heterocycles. The zero-order chi connectivity index (χ0) is 7.11. The lowest BCUT2D eigenvalue weighted by atomic mass is 10.5. The van der Waals surface area contributed by atoms with Gasteiger partial charge in [-0.3, -0.25) is 0 Å². The summed E-state index contributed by atoms with van der Waals surface area (Å²) >= 11 is 0. The average Bonchev–Trinajstić information content (AvgIpc) is 1.80. The van der Waals surface area contributed by atoms with Gasteiger partial charge in [-0.1, -0.05) is 11.8 Å². The van der Waals surface area contributed by atoms with Gasteiger partial charge in [0.15, 0.2) is 0 Å². The molecule has 0 spiro atoms. The van der Waals surface area contributed by atoms with Gasteiger partial charge in [-0.05, 0) is 6.92 Å². The van der Waals surface area contributed by atoms with Gasteiger partial charge in [-0.25, -0.2) is 8.78 Å². The third-order valence-corrected chi connectivity index (χ3v) is 0.501. The topological polar surface area (TPSA) is 0 Å². The van der Waals surface area contributed by atoms with E-state index >= 15 is 0 Å². The molecule has 0 aromatic carbocycles. The Balaban J connectivity index is 3.76. The number of hydrogen-bond acceptors (Lipinski definition) is 0. The molecule has 0 heterocycles. The van der Waals surface area contributed by atoms with E-state index in [0.717, 1.165) is 12.2 Å². The molecule has 0 aliphatic carbocycles. The number of allylic oxidation sites excluding steroid dienone is 3. The van der Waals surface area contributed by atoms with E-state index in [1.807, 2.05) is 0 Å². The molecular formula is C7H6F2. The highest BCUT2D eigenvalue weighted by Gasteiger charge is 1.71. The molecule has 0 aliphatic rings. The van der Waals surface area contributed by atoms with Crippen LogP contribution in [0.1, 0.15) is 6.92 Å². The summed E-state index contributed by atoms with van der Waals surface area (Å²) in [6.45, 7) is 1.27. The lowest BCUT2D eigenvalue weighted by Crippen LogP contribution is -1.55. The molecule has 9 heavy (non-hydrogen) atoms. The van der Waals surface area contributed by atoms with Gasteiger partial charge in [0.05, 0.1) is 6.33 Å². The van der Waals surface area contributed by atoms with Crippen molar-refractivity contribution in [3.05, 3.63) is 24.3 Å². The van der Waals surface area contributed by atoms with E-state index in [-0.39, 0.29) is 5.83 Å². The van der Waals surface area contributed by atoms with E-state index in [0.29, 0.717) is 6.33 Å². The molecule has 0 aromatic rings. The molecule has 0 unspecified atom stereocenters. The lowest BCUT2D eigenvalue weighted by molar-refractivity contribution is 0.641. The standard InChI is InChI=1S/C7H6F2/c1-7(9)5-3-2-4-6-8/h4-6H,1H3/b6-4+,7-5-. The van der Waals surface area contributed by atoms with Crippen molar-refractivity contribution in [1.82, 2.24) is 0 Å². The van der Waals surface area contributed by atoms with Crippen LogP contribution in [0.3, 0.4) is 0 Å². The quantitative estimate of drug-likeness (QED) is 0.439. The minimum Gasteiger partial charge on any atom is -0.215 e. The third-order valence-electron chi connectivity index (χ3n) is 0.501. The minimum atomic E-state index is -0.380. The van der Waals surface area contributed by atoms with Crippen molar-refractivity contribution < 1.29 is 8.78 Å². The maximum Gasteiger partial charge on any atom is 0.105 e. The molecule has 0 amide bonds. The van der Waals surface area contributed by atoms with E-state index in [9.17, 15) is 8.78 Å². The van der Waals surface area contributed by atoms with Gasteiger partial charge in [-0.15, -0.1) is 0 Å². The first-order valence-corrected chi connectivity index (χ1v) is 2.36. The molecular weight excluding hydrogens is 122 g/mol. The van der Waals surface area contributed by atoms with Crippen LogP contribution in [0, 0.1) is 11.8 Å². The van der Waals surface area contributed by atoms with Crippen LogP contribution in [0.15, 0.2) is 24.3 Å². The van der Waals surface area contributed by atoms with Gasteiger partial charge < -0.3 is 0 Å². The maximum absolute atomic E-state index is 11.8. The zero-order valence-corrected chi connectivity index (χ0v) is 4.99. The first-order chi connectivity index (χ1) is 4.27. The van der Waals surface area contributed by atoms with Gasteiger partial charge in [-0.2, -0.15) is 0 Å². The van der Waals surface area contributed by atoms with E-state index in [2.05, 4.69) is 11.8 Å². The first kappa shape index (κ1) is 7.90. The lowest BCUT2D eigenvalue weighted by Gasteiger charge is -1.70. The van der Waals surface area contributed by atoms with Gasteiger partial charge in [0.1, 0.15) is 5.83 Å². The van der Waals surface area contributed by atoms with E-state index in [1.54, 1.807) is 0 Å². The average molecular weight is 128 g/mol. The molecule has 48 valence electrons. The molecule has 0 fully saturated rings. The normalized spacial score (nSPS) is 11.2. The zero-order valence-electron chi connectivity index (χ0n) is 4.99. The van der Waals surface area contributed by atoms with Crippen LogP contribution in [0.25, 0.3) is 0 Å². The highest BCUT2D eigenvalue weighted by molar-refractivity contribution is 5.23. The summed E-state index contributed by atoms with van der Waals surface area (Å²) in [6, 6.07) is 0. The van der Waals surface area contributed by atoms with Crippen LogP contribution < -0.4 is 0 Å². The predicted molar refractivity (Wildman–Crippen MR) is 32.9 cm³/mol. The second-order valence-electron chi connectivity index (χ2n) is 1.31. The Morgan fingerprint density at radius 3 is 2.56 bits per heavy atom. The number of rotatable bonds is 0. The minimum absolute atomic E-state index is 0.300. The van der Waals surface area contributed by atoms with Crippen LogP contribution in [0.5, 0.6) is 0 Å². The van der Waals surface area contributed by atoms with Crippen LogP contribution in [0.4, 0.5) is 8.78 Å². The van der Waals surface area contributed by atoms with E-state index < -0.39 is 0 Å². The second kappa shape index (κ2) is 5.04. The molecule has 0 saturated carbocycles. The molecule has 0 bridgehead atoms. The Kier molecular flexibility index (Phi) is 4.43. The van der Waals surface area contributed by atoms with Gasteiger partial charge in [0.25, 0.3) is 0 Å². The van der Waals surface area contributed by atoms with Crippen LogP contribution >= 0.6 is 0 Å². The molecule has 0 atom stereocenters. The predicted octanol–water partition coefficient (Wildman–Crippen LogP) is 2.35. The Morgan fingerprint density at radius 1 is 1.44 bits per heavy atom. The van der Waals surface area contributed by atoms with Crippen molar-refractivity contribution in [3.63, 3.8) is 0 Å². The largest absolute Gasteiger partial charge is 0.215 e. The molecule has 0 N–H and O–H groups in total. The van der Waals surface area contributed by atoms with E-state index in [4.69, 9.17) is 0 Å². The summed E-state index contributed by atoms with van der Waals surface area (Å²) in [5.74, 6) is 4.14. The molecule has 0 rings (SSSR count). The molecule has 2 heteroatoms. The second-order valence-corrected chi connectivity index (χ2v) is 1.31. The van der Waals surface area contributed by atoms with Crippen molar-refractivity contribution in [2.24, 2.45) is 0 Å². The monoisotopic (exact) mass is 128 g/mol. The van der Waals surface area contributed by atoms with Gasteiger partial charge in [0.2, 0.25) is 0 Å². The molecule has 0 nitrogen and oxygen atoms in total. The first-order valence-electron chi connectivity index (χ1n) is 2.36. The Morgan fingerprint density at radius 2 is 2.11 bits per heavy atom. The van der Waals surface area contributed by atoms with Crippen LogP contribution in [-0.2, 0) is 0 Å². The van der Waals surface area contributed by atoms with Gasteiger partial charge in [0, 0.05) is 12.2 Å². The smallest absolute Gasteiger partial charge is 0.105 e. The molecule has 0 saturated heterocycles. The fourth-order valence-corrected chi connectivity index (χ4v) is 0.221. The van der Waals surface area contributed by atoms with Crippen LogP contribution in [0.2, 0.25) is 0 Å². The highest BCUT2D eigenvalue weighted by Crippen LogP contribution is 1.88. The van der Waals surface area contributed by atoms with E-state index in [1.165, 1.54) is 6.92 Å². The van der Waals surface area contributed by atoms with Gasteiger partial charge >= 0.3 is 0 Å². The summed E-state index contributed by atoms with van der Waals surface area (Å²) in [4.78, 5) is 0. The maximum atomic E-state index is 11.8. The fourth-order valence-electron chi connectivity index (χ4n) is 0.221. The van der Waals surface area contributed by atoms with Crippen molar-refractivity contribution >= 4 is 0 Å². The van der Waals surface area contributed by atoms with Crippen LogP contribution in [-0.4, -0.2) is 0 Å². The van der Waals surface area contributed by atoms with Crippen molar-refractivity contribution in [2.75, 3.05) is 0 Å². The summed E-state index contributed by atoms with van der Waals surface area (Å²) in [5, 5.41) is 0. The summed E-state index contributed by atoms with van der Waals surface area (Å²) in [7, 11) is 0. The summed E-state index contributed by atoms with van der Waals surface area (Å²) in [6.07, 6.45) is 2.37. The number of halogens is 2. The molecule has 0 radical (unpaired) electrons. The van der Waals surface area contributed by atoms with Crippen molar-refractivity contribution in [3.8, 4) is 11.8 Å². The summed E-state index contributed by atoms with van der Waals surface area (Å²) < 4.78 is 22.9. The summed E-state index contributed by atoms with van der Waals surface area (Å²) in [5.41, 5.74) is 0. The highest BCUT2D eigenvalue weighted by atomic mass is 19.1. The van der Waals surface area contributed by atoms with Crippen molar-refractivity contribution in [1.29, 1.82) is 0 Å². The SMILES string of the molecule is C/C(F)=C/C#C/C=C/F. The third kappa shape index (κ3) is 6.90. The molecule has 0 aromatic heterocycles. The Hall–Kier alpha value is -1.10. The Bertz CT molecular complexity index is 175.